The second-order valence-corrected chi connectivity index (χ2v) is 6.89. The van der Waals surface area contributed by atoms with Crippen LogP contribution in [0.5, 0.6) is 0 Å². The molecular weight excluding hydrogens is 322 g/mol. The van der Waals surface area contributed by atoms with Gasteiger partial charge in [-0.1, -0.05) is 6.07 Å². The summed E-state index contributed by atoms with van der Waals surface area (Å²) in [5, 5.41) is 5.22. The van der Waals surface area contributed by atoms with E-state index in [-0.39, 0.29) is 12.1 Å². The van der Waals surface area contributed by atoms with Gasteiger partial charge in [-0.25, -0.2) is 14.8 Å². The topological polar surface area (TPSA) is 61.4 Å². The normalized spacial score (nSPS) is 15.3. The molecule has 1 aliphatic heterocycles. The zero-order valence-corrected chi connectivity index (χ0v) is 14.7. The number of hydrogen-bond acceptors (Lipinski definition) is 5. The molecule has 3 heterocycles. The molecule has 3 rings (SSSR count). The van der Waals surface area contributed by atoms with Crippen molar-refractivity contribution in [2.75, 3.05) is 24.5 Å². The highest BCUT2D eigenvalue weighted by molar-refractivity contribution is 7.09. The van der Waals surface area contributed by atoms with Crippen molar-refractivity contribution in [1.29, 1.82) is 0 Å². The van der Waals surface area contributed by atoms with Crippen molar-refractivity contribution in [3.8, 4) is 0 Å². The molecule has 2 amide bonds. The third kappa shape index (κ3) is 4.23. The maximum Gasteiger partial charge on any atom is 0.317 e. The zero-order chi connectivity index (χ0) is 16.8. The van der Waals surface area contributed by atoms with Gasteiger partial charge in [0.15, 0.2) is 0 Å². The summed E-state index contributed by atoms with van der Waals surface area (Å²) in [5.41, 5.74) is 0. The average Bonchev–Trinajstić information content (AvgIpc) is 3.14. The molecule has 1 fully saturated rings. The summed E-state index contributed by atoms with van der Waals surface area (Å²) in [6.07, 6.45) is 5.36. The number of carbonyl (C=O) groups excluding carboxylic acids is 1. The number of nitrogens with one attached hydrogen (secondary N) is 1. The first-order chi connectivity index (χ1) is 11.8. The number of amides is 2. The standard InChI is InChI=1S/C17H23N5OS/c1-2-21(13-15-5-3-12-24-15)17(23)20-14-6-10-22(11-7-14)16-18-8-4-9-19-16/h3-5,8-9,12,14H,2,6-7,10-11,13H2,1H3,(H,20,23). The Balaban J connectivity index is 1.49. The van der Waals surface area contributed by atoms with Gasteiger partial charge in [-0.2, -0.15) is 0 Å². The number of urea groups is 1. The summed E-state index contributed by atoms with van der Waals surface area (Å²) < 4.78 is 0. The minimum Gasteiger partial charge on any atom is -0.341 e. The molecule has 0 aromatic carbocycles. The van der Waals surface area contributed by atoms with Gasteiger partial charge < -0.3 is 15.1 Å². The average molecular weight is 345 g/mol. The predicted octanol–water partition coefficient (Wildman–Crippen LogP) is 2.74. The predicted molar refractivity (Wildman–Crippen MR) is 96.2 cm³/mol. The SMILES string of the molecule is CCN(Cc1cccs1)C(=O)NC1CCN(c2ncccn2)CC1. The molecule has 1 aliphatic rings. The van der Waals surface area contributed by atoms with Gasteiger partial charge in [0, 0.05) is 42.9 Å². The van der Waals surface area contributed by atoms with Gasteiger partial charge in [-0.15, -0.1) is 11.3 Å². The second-order valence-electron chi connectivity index (χ2n) is 5.85. The Labute approximate surface area is 146 Å². The van der Waals surface area contributed by atoms with Gasteiger partial charge in [0.2, 0.25) is 5.95 Å². The maximum atomic E-state index is 12.5. The Morgan fingerprint density at radius 1 is 1.33 bits per heavy atom. The molecule has 7 heteroatoms. The van der Waals surface area contributed by atoms with Crippen LogP contribution < -0.4 is 10.2 Å². The van der Waals surface area contributed by atoms with Gasteiger partial charge in [-0.3, -0.25) is 0 Å². The first-order valence-corrected chi connectivity index (χ1v) is 9.24. The molecule has 2 aromatic heterocycles. The van der Waals surface area contributed by atoms with Crippen LogP contribution in [0.1, 0.15) is 24.6 Å². The van der Waals surface area contributed by atoms with E-state index in [2.05, 4.69) is 26.3 Å². The summed E-state index contributed by atoms with van der Waals surface area (Å²) in [4.78, 5) is 26.3. The molecule has 0 atom stereocenters. The molecule has 2 aromatic rings. The van der Waals surface area contributed by atoms with Crippen molar-refractivity contribution in [3.63, 3.8) is 0 Å². The quantitative estimate of drug-likeness (QED) is 0.905. The van der Waals surface area contributed by atoms with Crippen LogP contribution in [0, 0.1) is 0 Å². The molecule has 0 radical (unpaired) electrons. The number of carbonyl (C=O) groups is 1. The number of nitrogens with zero attached hydrogens (tertiary/aromatic N) is 4. The summed E-state index contributed by atoms with van der Waals surface area (Å²) in [6.45, 7) is 5.14. The molecule has 0 aliphatic carbocycles. The van der Waals surface area contributed by atoms with E-state index in [1.807, 2.05) is 29.3 Å². The Kier molecular flexibility index (Phi) is 5.63. The van der Waals surface area contributed by atoms with Crippen molar-refractivity contribution in [2.24, 2.45) is 0 Å². The zero-order valence-electron chi connectivity index (χ0n) is 13.9. The monoisotopic (exact) mass is 345 g/mol. The van der Waals surface area contributed by atoms with Crippen LogP contribution in [0.25, 0.3) is 0 Å². The number of hydrogen-bond donors (Lipinski definition) is 1. The Morgan fingerprint density at radius 3 is 2.71 bits per heavy atom. The molecule has 24 heavy (non-hydrogen) atoms. The van der Waals surface area contributed by atoms with Crippen LogP contribution in [0.4, 0.5) is 10.7 Å². The summed E-state index contributed by atoms with van der Waals surface area (Å²) >= 11 is 1.69. The molecular formula is C17H23N5OS. The Morgan fingerprint density at radius 2 is 2.08 bits per heavy atom. The van der Waals surface area contributed by atoms with Crippen molar-refractivity contribution in [3.05, 3.63) is 40.8 Å². The van der Waals surface area contributed by atoms with Crippen LogP contribution in [0.15, 0.2) is 36.0 Å². The summed E-state index contributed by atoms with van der Waals surface area (Å²) in [7, 11) is 0. The Bertz CT molecular complexity index is 626. The van der Waals surface area contributed by atoms with E-state index in [9.17, 15) is 4.79 Å². The first kappa shape index (κ1) is 16.7. The Hall–Kier alpha value is -2.15. The van der Waals surface area contributed by atoms with Crippen LogP contribution in [-0.2, 0) is 6.54 Å². The van der Waals surface area contributed by atoms with E-state index < -0.39 is 0 Å². The fraction of sp³-hybridized carbons (Fsp3) is 0.471. The van der Waals surface area contributed by atoms with E-state index >= 15 is 0 Å². The maximum absolute atomic E-state index is 12.5. The van der Waals surface area contributed by atoms with Gasteiger partial charge in [0.05, 0.1) is 6.54 Å². The van der Waals surface area contributed by atoms with E-state index in [1.165, 1.54) is 4.88 Å². The molecule has 128 valence electrons. The third-order valence-corrected chi connectivity index (χ3v) is 5.11. The minimum absolute atomic E-state index is 0.0281. The minimum atomic E-state index is 0.0281. The highest BCUT2D eigenvalue weighted by Gasteiger charge is 2.23. The van der Waals surface area contributed by atoms with Crippen molar-refractivity contribution in [1.82, 2.24) is 20.2 Å². The molecule has 1 N–H and O–H groups in total. The van der Waals surface area contributed by atoms with Crippen molar-refractivity contribution in [2.45, 2.75) is 32.4 Å². The van der Waals surface area contributed by atoms with Gasteiger partial charge in [0.1, 0.15) is 0 Å². The fourth-order valence-corrected chi connectivity index (χ4v) is 3.58. The lowest BCUT2D eigenvalue weighted by Gasteiger charge is -2.33. The number of anilines is 1. The largest absolute Gasteiger partial charge is 0.341 e. The third-order valence-electron chi connectivity index (χ3n) is 4.25. The molecule has 0 saturated carbocycles. The molecule has 0 spiro atoms. The van der Waals surface area contributed by atoms with E-state index in [0.717, 1.165) is 31.9 Å². The molecule has 0 bridgehead atoms. The van der Waals surface area contributed by atoms with Crippen LogP contribution in [0.3, 0.4) is 0 Å². The lowest BCUT2D eigenvalue weighted by Crippen LogP contribution is -2.49. The highest BCUT2D eigenvalue weighted by atomic mass is 32.1. The number of rotatable bonds is 5. The number of thiophene rings is 1. The lowest BCUT2D eigenvalue weighted by atomic mass is 10.1. The molecule has 0 unspecified atom stereocenters. The van der Waals surface area contributed by atoms with Gasteiger partial charge >= 0.3 is 6.03 Å². The second kappa shape index (κ2) is 8.10. The van der Waals surface area contributed by atoms with Crippen molar-refractivity contribution < 1.29 is 4.79 Å². The van der Waals surface area contributed by atoms with Gasteiger partial charge in [-0.05, 0) is 37.3 Å². The number of aromatic nitrogens is 2. The fourth-order valence-electron chi connectivity index (χ4n) is 2.86. The van der Waals surface area contributed by atoms with E-state index in [1.54, 1.807) is 23.7 Å². The van der Waals surface area contributed by atoms with Gasteiger partial charge in [0.25, 0.3) is 0 Å². The lowest BCUT2D eigenvalue weighted by molar-refractivity contribution is 0.192. The first-order valence-electron chi connectivity index (χ1n) is 8.36. The van der Waals surface area contributed by atoms with E-state index in [4.69, 9.17) is 0 Å². The van der Waals surface area contributed by atoms with Crippen molar-refractivity contribution >= 4 is 23.3 Å². The van der Waals surface area contributed by atoms with E-state index in [0.29, 0.717) is 13.1 Å². The summed E-state index contributed by atoms with van der Waals surface area (Å²) in [5.74, 6) is 0.773. The van der Waals surface area contributed by atoms with Crippen LogP contribution in [0.2, 0.25) is 0 Å². The highest BCUT2D eigenvalue weighted by Crippen LogP contribution is 2.16. The smallest absolute Gasteiger partial charge is 0.317 e. The van der Waals surface area contributed by atoms with Crippen LogP contribution >= 0.6 is 11.3 Å². The number of piperidine rings is 1. The van der Waals surface area contributed by atoms with Crippen LogP contribution in [-0.4, -0.2) is 46.6 Å². The molecule has 6 nitrogen and oxygen atoms in total. The summed E-state index contributed by atoms with van der Waals surface area (Å²) in [6, 6.07) is 6.16. The molecule has 1 saturated heterocycles.